The lowest BCUT2D eigenvalue weighted by molar-refractivity contribution is 0.0562. The number of thiophene rings is 1. The molecular formula is C14H17NO3S. The van der Waals surface area contributed by atoms with Crippen molar-refractivity contribution in [3.05, 3.63) is 45.5 Å². The Morgan fingerprint density at radius 2 is 2.26 bits per heavy atom. The molecule has 0 spiro atoms. The molecule has 2 aromatic rings. The van der Waals surface area contributed by atoms with Gasteiger partial charge in [-0.05, 0) is 42.6 Å². The van der Waals surface area contributed by atoms with E-state index in [1.165, 1.54) is 17.6 Å². The second kappa shape index (κ2) is 6.04. The number of hydrogen-bond donors (Lipinski definition) is 1. The van der Waals surface area contributed by atoms with Crippen molar-refractivity contribution < 1.29 is 13.9 Å². The zero-order chi connectivity index (χ0) is 13.8. The molecule has 5 heteroatoms. The summed E-state index contributed by atoms with van der Waals surface area (Å²) < 4.78 is 10.2. The maximum atomic E-state index is 11.4. The molecule has 19 heavy (non-hydrogen) atoms. The highest BCUT2D eigenvalue weighted by atomic mass is 32.1. The van der Waals surface area contributed by atoms with Crippen LogP contribution in [0.4, 0.5) is 0 Å². The summed E-state index contributed by atoms with van der Waals surface area (Å²) in [6, 6.07) is 5.54. The van der Waals surface area contributed by atoms with Crippen LogP contribution in [-0.4, -0.2) is 20.1 Å². The van der Waals surface area contributed by atoms with Crippen LogP contribution < -0.4 is 5.32 Å². The van der Waals surface area contributed by atoms with Crippen LogP contribution in [0.1, 0.15) is 39.7 Å². The Labute approximate surface area is 116 Å². The van der Waals surface area contributed by atoms with E-state index in [2.05, 4.69) is 28.4 Å². The normalized spacial score (nSPS) is 12.4. The van der Waals surface area contributed by atoms with Crippen LogP contribution in [0, 0.1) is 0 Å². The summed E-state index contributed by atoms with van der Waals surface area (Å²) in [5.41, 5.74) is 1.29. The first-order valence-corrected chi connectivity index (χ1v) is 7.00. The van der Waals surface area contributed by atoms with E-state index in [4.69, 9.17) is 4.42 Å². The Morgan fingerprint density at radius 3 is 2.89 bits per heavy atom. The Kier molecular flexibility index (Phi) is 4.39. The number of aryl methyl sites for hydroxylation is 1. The second-order valence-corrected chi connectivity index (χ2v) is 5.03. The van der Waals surface area contributed by atoms with Gasteiger partial charge >= 0.3 is 5.97 Å². The van der Waals surface area contributed by atoms with Crippen molar-refractivity contribution in [3.8, 4) is 0 Å². The summed E-state index contributed by atoms with van der Waals surface area (Å²) in [4.78, 5) is 12.6. The average molecular weight is 279 g/mol. The quantitative estimate of drug-likeness (QED) is 0.855. The molecule has 0 saturated heterocycles. The molecule has 4 nitrogen and oxygen atoms in total. The van der Waals surface area contributed by atoms with Crippen LogP contribution in [0.15, 0.2) is 28.0 Å². The molecule has 0 saturated carbocycles. The highest BCUT2D eigenvalue weighted by Gasteiger charge is 2.21. The molecule has 2 rings (SSSR count). The lowest BCUT2D eigenvalue weighted by Crippen LogP contribution is -2.17. The minimum atomic E-state index is -0.456. The SMILES string of the molecule is CCc1ccsc1C(NC)c1ccc(C(=O)OC)o1. The number of hydrogen-bond acceptors (Lipinski definition) is 5. The number of rotatable bonds is 5. The molecule has 0 aliphatic rings. The summed E-state index contributed by atoms with van der Waals surface area (Å²) in [7, 11) is 3.22. The third-order valence-electron chi connectivity index (χ3n) is 3.01. The van der Waals surface area contributed by atoms with Gasteiger partial charge in [0.1, 0.15) is 11.8 Å². The average Bonchev–Trinajstić information content (AvgIpc) is 3.08. The number of esters is 1. The van der Waals surface area contributed by atoms with Crippen LogP contribution in [0.25, 0.3) is 0 Å². The maximum Gasteiger partial charge on any atom is 0.373 e. The first-order chi connectivity index (χ1) is 9.21. The number of furan rings is 1. The third-order valence-corrected chi connectivity index (χ3v) is 4.03. The Bertz CT molecular complexity index is 559. The molecular weight excluding hydrogens is 262 g/mol. The van der Waals surface area contributed by atoms with Crippen LogP contribution in [0.3, 0.4) is 0 Å². The van der Waals surface area contributed by atoms with Crippen molar-refractivity contribution in [2.24, 2.45) is 0 Å². The maximum absolute atomic E-state index is 11.4. The molecule has 0 radical (unpaired) electrons. The van der Waals surface area contributed by atoms with Gasteiger partial charge in [0, 0.05) is 4.88 Å². The van der Waals surface area contributed by atoms with Crippen molar-refractivity contribution >= 4 is 17.3 Å². The van der Waals surface area contributed by atoms with Gasteiger partial charge in [0.05, 0.1) is 7.11 Å². The number of carbonyl (C=O) groups is 1. The molecule has 0 fully saturated rings. The minimum Gasteiger partial charge on any atom is -0.463 e. The van der Waals surface area contributed by atoms with E-state index < -0.39 is 5.97 Å². The van der Waals surface area contributed by atoms with E-state index in [1.54, 1.807) is 17.4 Å². The number of ether oxygens (including phenoxy) is 1. The van der Waals surface area contributed by atoms with E-state index in [9.17, 15) is 4.79 Å². The van der Waals surface area contributed by atoms with Gasteiger partial charge in [-0.1, -0.05) is 6.92 Å². The molecule has 0 aliphatic heterocycles. The lowest BCUT2D eigenvalue weighted by Gasteiger charge is -2.13. The van der Waals surface area contributed by atoms with E-state index in [1.807, 2.05) is 13.1 Å². The summed E-state index contributed by atoms with van der Waals surface area (Å²) in [5, 5.41) is 5.30. The summed E-state index contributed by atoms with van der Waals surface area (Å²) in [6.07, 6.45) is 0.974. The van der Waals surface area contributed by atoms with Crippen molar-refractivity contribution in [3.63, 3.8) is 0 Å². The lowest BCUT2D eigenvalue weighted by atomic mass is 10.1. The fraction of sp³-hybridized carbons (Fsp3) is 0.357. The van der Waals surface area contributed by atoms with Crippen molar-refractivity contribution in [1.29, 1.82) is 0 Å². The van der Waals surface area contributed by atoms with Crippen LogP contribution >= 0.6 is 11.3 Å². The van der Waals surface area contributed by atoms with Gasteiger partial charge in [-0.15, -0.1) is 11.3 Å². The van der Waals surface area contributed by atoms with Gasteiger partial charge < -0.3 is 14.5 Å². The van der Waals surface area contributed by atoms with Gasteiger partial charge in [0.25, 0.3) is 0 Å². The van der Waals surface area contributed by atoms with Crippen LogP contribution in [0.5, 0.6) is 0 Å². The molecule has 1 unspecified atom stereocenters. The third kappa shape index (κ3) is 2.72. The van der Waals surface area contributed by atoms with Gasteiger partial charge in [0.15, 0.2) is 0 Å². The number of nitrogens with one attached hydrogen (secondary N) is 1. The largest absolute Gasteiger partial charge is 0.463 e. The zero-order valence-electron chi connectivity index (χ0n) is 11.2. The summed E-state index contributed by atoms with van der Waals surface area (Å²) in [5.74, 6) is 0.496. The predicted molar refractivity (Wildman–Crippen MR) is 74.6 cm³/mol. The second-order valence-electron chi connectivity index (χ2n) is 4.08. The van der Waals surface area contributed by atoms with Gasteiger partial charge in [0.2, 0.25) is 5.76 Å². The van der Waals surface area contributed by atoms with E-state index in [-0.39, 0.29) is 11.8 Å². The first-order valence-electron chi connectivity index (χ1n) is 6.12. The van der Waals surface area contributed by atoms with Gasteiger partial charge in [-0.2, -0.15) is 0 Å². The van der Waals surface area contributed by atoms with Crippen LogP contribution in [-0.2, 0) is 11.2 Å². The highest BCUT2D eigenvalue weighted by molar-refractivity contribution is 7.10. The van der Waals surface area contributed by atoms with E-state index >= 15 is 0 Å². The molecule has 1 atom stereocenters. The van der Waals surface area contributed by atoms with Crippen molar-refractivity contribution in [2.45, 2.75) is 19.4 Å². The summed E-state index contributed by atoms with van der Waals surface area (Å²) in [6.45, 7) is 2.13. The molecule has 0 amide bonds. The molecule has 2 heterocycles. The van der Waals surface area contributed by atoms with Gasteiger partial charge in [-0.3, -0.25) is 0 Å². The van der Waals surface area contributed by atoms with Gasteiger partial charge in [-0.25, -0.2) is 4.79 Å². The first kappa shape index (κ1) is 13.8. The molecule has 0 aromatic carbocycles. The Morgan fingerprint density at radius 1 is 1.47 bits per heavy atom. The fourth-order valence-corrected chi connectivity index (χ4v) is 3.13. The van der Waals surface area contributed by atoms with Crippen molar-refractivity contribution in [1.82, 2.24) is 5.32 Å². The molecule has 0 bridgehead atoms. The Hall–Kier alpha value is -1.59. The van der Waals surface area contributed by atoms with E-state index in [0.717, 1.165) is 12.2 Å². The molecule has 2 aromatic heterocycles. The zero-order valence-corrected chi connectivity index (χ0v) is 12.0. The monoisotopic (exact) mass is 279 g/mol. The molecule has 0 aliphatic carbocycles. The predicted octanol–water partition coefficient (Wildman–Crippen LogP) is 3.00. The molecule has 1 N–H and O–H groups in total. The fourth-order valence-electron chi connectivity index (χ4n) is 2.01. The van der Waals surface area contributed by atoms with Crippen molar-refractivity contribution in [2.75, 3.05) is 14.2 Å². The minimum absolute atomic E-state index is 0.0339. The summed E-state index contributed by atoms with van der Waals surface area (Å²) >= 11 is 1.69. The Balaban J connectivity index is 2.32. The van der Waals surface area contributed by atoms with E-state index in [0.29, 0.717) is 0 Å². The number of methoxy groups -OCH3 is 1. The smallest absolute Gasteiger partial charge is 0.373 e. The molecule has 102 valence electrons. The topological polar surface area (TPSA) is 51.5 Å². The van der Waals surface area contributed by atoms with Crippen LogP contribution in [0.2, 0.25) is 0 Å². The highest BCUT2D eigenvalue weighted by Crippen LogP contribution is 2.31. The standard InChI is InChI=1S/C14H17NO3S/c1-4-9-7-8-19-13(9)12(15-2)10-5-6-11(18-10)14(16)17-3/h5-8,12,15H,4H2,1-3H3. The number of carbonyl (C=O) groups excluding carboxylic acids is 1.